The van der Waals surface area contributed by atoms with Crippen molar-refractivity contribution in [3.05, 3.63) is 33.3 Å². The number of benzene rings is 1. The summed E-state index contributed by atoms with van der Waals surface area (Å²) in [5.41, 5.74) is 1.23. The van der Waals surface area contributed by atoms with Crippen molar-refractivity contribution in [1.82, 2.24) is 9.80 Å². The topological polar surface area (TPSA) is 26.7 Å². The molecule has 100 valence electrons. The largest absolute Gasteiger partial charge is 0.395 e. The van der Waals surface area contributed by atoms with E-state index in [0.29, 0.717) is 0 Å². The quantitative estimate of drug-likeness (QED) is 0.915. The van der Waals surface area contributed by atoms with E-state index in [2.05, 4.69) is 25.7 Å². The van der Waals surface area contributed by atoms with E-state index >= 15 is 0 Å². The number of nitrogens with zero attached hydrogens (tertiary/aromatic N) is 2. The van der Waals surface area contributed by atoms with E-state index in [9.17, 15) is 0 Å². The van der Waals surface area contributed by atoms with Crippen molar-refractivity contribution in [2.45, 2.75) is 6.54 Å². The van der Waals surface area contributed by atoms with Crippen molar-refractivity contribution in [3.63, 3.8) is 0 Å². The maximum Gasteiger partial charge on any atom is 0.0558 e. The van der Waals surface area contributed by atoms with Crippen LogP contribution in [0, 0.1) is 0 Å². The lowest BCUT2D eigenvalue weighted by Crippen LogP contribution is -2.46. The highest BCUT2D eigenvalue weighted by atomic mass is 79.9. The lowest BCUT2D eigenvalue weighted by molar-refractivity contribution is 0.108. The van der Waals surface area contributed by atoms with E-state index in [0.717, 1.165) is 48.8 Å². The lowest BCUT2D eigenvalue weighted by Gasteiger charge is -2.34. The number of hydrogen-bond donors (Lipinski definition) is 1. The van der Waals surface area contributed by atoms with Crippen molar-refractivity contribution in [2.24, 2.45) is 0 Å². The van der Waals surface area contributed by atoms with Gasteiger partial charge in [0.1, 0.15) is 0 Å². The number of halogens is 2. The van der Waals surface area contributed by atoms with Gasteiger partial charge >= 0.3 is 0 Å². The van der Waals surface area contributed by atoms with Crippen molar-refractivity contribution >= 4 is 27.5 Å². The third kappa shape index (κ3) is 3.93. The van der Waals surface area contributed by atoms with E-state index in [1.807, 2.05) is 18.2 Å². The first-order valence-corrected chi connectivity index (χ1v) is 7.35. The molecule has 18 heavy (non-hydrogen) atoms. The van der Waals surface area contributed by atoms with Crippen molar-refractivity contribution in [1.29, 1.82) is 0 Å². The molecule has 1 fully saturated rings. The summed E-state index contributed by atoms with van der Waals surface area (Å²) in [6.45, 7) is 6.10. The predicted molar refractivity (Wildman–Crippen MR) is 78.0 cm³/mol. The molecule has 1 aliphatic rings. The Kier molecular flexibility index (Phi) is 5.45. The summed E-state index contributed by atoms with van der Waals surface area (Å²) in [4.78, 5) is 4.72. The molecule has 1 aliphatic heterocycles. The predicted octanol–water partition coefficient (Wildman–Crippen LogP) is 2.21. The second-order valence-corrected chi connectivity index (χ2v) is 5.87. The van der Waals surface area contributed by atoms with Crippen LogP contribution in [0.2, 0.25) is 5.02 Å². The Morgan fingerprint density at radius 2 is 1.83 bits per heavy atom. The molecule has 5 heteroatoms. The number of hydrogen-bond acceptors (Lipinski definition) is 3. The molecule has 1 N–H and O–H groups in total. The maximum atomic E-state index is 8.91. The summed E-state index contributed by atoms with van der Waals surface area (Å²) in [6, 6.07) is 5.92. The molecule has 0 unspecified atom stereocenters. The lowest BCUT2D eigenvalue weighted by atomic mass is 10.2. The number of rotatable bonds is 4. The third-order valence-corrected chi connectivity index (χ3v) is 4.29. The molecule has 0 spiro atoms. The minimum atomic E-state index is 0.250. The van der Waals surface area contributed by atoms with E-state index in [1.165, 1.54) is 5.56 Å². The zero-order valence-corrected chi connectivity index (χ0v) is 12.6. The summed E-state index contributed by atoms with van der Waals surface area (Å²) in [7, 11) is 0. The molecule has 2 rings (SSSR count). The first-order chi connectivity index (χ1) is 8.69. The fourth-order valence-electron chi connectivity index (χ4n) is 2.22. The summed E-state index contributed by atoms with van der Waals surface area (Å²) < 4.78 is 1.12. The van der Waals surface area contributed by atoms with Gasteiger partial charge in [-0.2, -0.15) is 0 Å². The maximum absolute atomic E-state index is 8.91. The summed E-state index contributed by atoms with van der Waals surface area (Å²) in [6.07, 6.45) is 0. The monoisotopic (exact) mass is 332 g/mol. The van der Waals surface area contributed by atoms with E-state index in [-0.39, 0.29) is 6.61 Å². The smallest absolute Gasteiger partial charge is 0.0558 e. The summed E-state index contributed by atoms with van der Waals surface area (Å²) in [5, 5.41) is 9.69. The first-order valence-electron chi connectivity index (χ1n) is 6.18. The van der Waals surface area contributed by atoms with Crippen LogP contribution in [0.3, 0.4) is 0 Å². The first kappa shape index (κ1) is 14.3. The fraction of sp³-hybridized carbons (Fsp3) is 0.538. The van der Waals surface area contributed by atoms with Crippen LogP contribution in [-0.2, 0) is 6.54 Å². The molecule has 3 nitrogen and oxygen atoms in total. The Bertz CT molecular complexity index is 395. The minimum Gasteiger partial charge on any atom is -0.395 e. The standard InChI is InChI=1S/C13H18BrClN2O/c14-13-2-1-12(15)9-11(13)10-17-5-3-16(4-6-17)7-8-18/h1-2,9,18H,3-8,10H2. The second-order valence-electron chi connectivity index (χ2n) is 4.58. The van der Waals surface area contributed by atoms with Gasteiger partial charge in [0.05, 0.1) is 6.61 Å². The SMILES string of the molecule is OCCN1CCN(Cc2cc(Cl)ccc2Br)CC1. The molecular formula is C13H18BrClN2O. The van der Waals surface area contributed by atoms with E-state index in [1.54, 1.807) is 0 Å². The van der Waals surface area contributed by atoms with Gasteiger partial charge in [0.15, 0.2) is 0 Å². The molecular weight excluding hydrogens is 316 g/mol. The van der Waals surface area contributed by atoms with Crippen molar-refractivity contribution in [3.8, 4) is 0 Å². The van der Waals surface area contributed by atoms with Gasteiger partial charge < -0.3 is 5.11 Å². The van der Waals surface area contributed by atoms with Crippen LogP contribution >= 0.6 is 27.5 Å². The van der Waals surface area contributed by atoms with Crippen LogP contribution < -0.4 is 0 Å². The van der Waals surface area contributed by atoms with E-state index in [4.69, 9.17) is 16.7 Å². The van der Waals surface area contributed by atoms with E-state index < -0.39 is 0 Å². The molecule has 1 heterocycles. The van der Waals surface area contributed by atoms with Crippen LogP contribution in [-0.4, -0.2) is 54.2 Å². The van der Waals surface area contributed by atoms with Crippen molar-refractivity contribution < 1.29 is 5.11 Å². The van der Waals surface area contributed by atoms with Gasteiger partial charge in [0.2, 0.25) is 0 Å². The Morgan fingerprint density at radius 3 is 2.50 bits per heavy atom. The molecule has 0 aromatic heterocycles. The van der Waals surface area contributed by atoms with Gasteiger partial charge in [-0.25, -0.2) is 0 Å². The average molecular weight is 334 g/mol. The average Bonchev–Trinajstić information content (AvgIpc) is 2.37. The zero-order chi connectivity index (χ0) is 13.0. The molecule has 1 aromatic rings. The molecule has 1 aromatic carbocycles. The number of piperazine rings is 1. The highest BCUT2D eigenvalue weighted by Crippen LogP contribution is 2.23. The second kappa shape index (κ2) is 6.87. The van der Waals surface area contributed by atoms with Gasteiger partial charge in [-0.15, -0.1) is 0 Å². The Hall–Kier alpha value is -0.130. The Labute approximate surface area is 121 Å². The number of β-amino-alcohol motifs (C(OH)–C–C–N with tert-alkyl or cyclic N) is 1. The molecule has 0 aliphatic carbocycles. The van der Waals surface area contributed by atoms with Gasteiger partial charge in [-0.05, 0) is 23.8 Å². The zero-order valence-electron chi connectivity index (χ0n) is 10.3. The fourth-order valence-corrected chi connectivity index (χ4v) is 2.78. The highest BCUT2D eigenvalue weighted by Gasteiger charge is 2.17. The molecule has 0 radical (unpaired) electrons. The third-order valence-electron chi connectivity index (χ3n) is 3.28. The number of aliphatic hydroxyl groups is 1. The minimum absolute atomic E-state index is 0.250. The number of aliphatic hydroxyl groups excluding tert-OH is 1. The normalized spacial score (nSPS) is 18.2. The molecule has 0 bridgehead atoms. The van der Waals surface area contributed by atoms with Crippen molar-refractivity contribution in [2.75, 3.05) is 39.3 Å². The van der Waals surface area contributed by atoms with Crippen LogP contribution in [0.4, 0.5) is 0 Å². The van der Waals surface area contributed by atoms with Crippen LogP contribution in [0.15, 0.2) is 22.7 Å². The van der Waals surface area contributed by atoms with Crippen LogP contribution in [0.25, 0.3) is 0 Å². The van der Waals surface area contributed by atoms with Gasteiger partial charge in [-0.3, -0.25) is 9.80 Å². The van der Waals surface area contributed by atoms with Gasteiger partial charge in [-0.1, -0.05) is 27.5 Å². The Balaban J connectivity index is 1.89. The molecule has 0 amide bonds. The molecule has 0 atom stereocenters. The highest BCUT2D eigenvalue weighted by molar-refractivity contribution is 9.10. The Morgan fingerprint density at radius 1 is 1.17 bits per heavy atom. The van der Waals surface area contributed by atoms with Gasteiger partial charge in [0.25, 0.3) is 0 Å². The van der Waals surface area contributed by atoms with Crippen LogP contribution in [0.5, 0.6) is 0 Å². The summed E-state index contributed by atoms with van der Waals surface area (Å²) >= 11 is 9.59. The summed E-state index contributed by atoms with van der Waals surface area (Å²) in [5.74, 6) is 0. The van der Waals surface area contributed by atoms with Gasteiger partial charge in [0, 0.05) is 48.8 Å². The van der Waals surface area contributed by atoms with Crippen LogP contribution in [0.1, 0.15) is 5.56 Å². The molecule has 0 saturated carbocycles. The molecule has 1 saturated heterocycles.